The first-order chi connectivity index (χ1) is 7.17. The third kappa shape index (κ3) is 2.83. The van der Waals surface area contributed by atoms with Crippen molar-refractivity contribution in [3.63, 3.8) is 0 Å². The van der Waals surface area contributed by atoms with Crippen LogP contribution >= 0.6 is 0 Å². The molecule has 0 radical (unpaired) electrons. The molecule has 0 aliphatic carbocycles. The van der Waals surface area contributed by atoms with Crippen molar-refractivity contribution in [2.45, 2.75) is 45.7 Å². The first-order valence-corrected chi connectivity index (χ1v) is 5.56. The van der Waals surface area contributed by atoms with E-state index >= 15 is 0 Å². The van der Waals surface area contributed by atoms with E-state index in [9.17, 15) is 5.11 Å². The highest BCUT2D eigenvalue weighted by Crippen LogP contribution is 2.16. The number of rotatable bonds is 6. The molecular formula is C12H21NO2. The summed E-state index contributed by atoms with van der Waals surface area (Å²) in [5, 5.41) is 12.8. The summed E-state index contributed by atoms with van der Waals surface area (Å²) in [4.78, 5) is 0. The molecule has 0 bridgehead atoms. The Morgan fingerprint density at radius 2 is 2.07 bits per heavy atom. The van der Waals surface area contributed by atoms with E-state index < -0.39 is 0 Å². The van der Waals surface area contributed by atoms with E-state index in [1.54, 1.807) is 6.26 Å². The quantitative estimate of drug-likeness (QED) is 0.758. The van der Waals surface area contributed by atoms with E-state index in [2.05, 4.69) is 19.2 Å². The summed E-state index contributed by atoms with van der Waals surface area (Å²) in [6, 6.07) is 1.95. The highest BCUT2D eigenvalue weighted by Gasteiger charge is 2.24. The molecule has 1 aromatic rings. The van der Waals surface area contributed by atoms with Crippen molar-refractivity contribution in [2.24, 2.45) is 0 Å². The van der Waals surface area contributed by atoms with E-state index in [4.69, 9.17) is 4.42 Å². The van der Waals surface area contributed by atoms with Gasteiger partial charge in [0.2, 0.25) is 0 Å². The van der Waals surface area contributed by atoms with Gasteiger partial charge in [-0.3, -0.25) is 0 Å². The summed E-state index contributed by atoms with van der Waals surface area (Å²) in [5.41, 5.74) is 0.987. The Morgan fingerprint density at radius 3 is 2.47 bits per heavy atom. The number of nitrogens with one attached hydrogen (secondary N) is 1. The number of hydrogen-bond acceptors (Lipinski definition) is 3. The normalized spacial score (nSPS) is 12.0. The molecule has 0 atom stereocenters. The lowest BCUT2D eigenvalue weighted by molar-refractivity contribution is 0.147. The molecule has 86 valence electrons. The summed E-state index contributed by atoms with van der Waals surface area (Å²) in [6.07, 6.45) is 3.53. The van der Waals surface area contributed by atoms with Crippen molar-refractivity contribution in [1.82, 2.24) is 5.32 Å². The minimum atomic E-state index is -0.167. The van der Waals surface area contributed by atoms with Crippen LogP contribution in [-0.4, -0.2) is 17.3 Å². The molecule has 0 aliphatic rings. The fraction of sp³-hybridized carbons (Fsp3) is 0.667. The second-order valence-electron chi connectivity index (χ2n) is 4.03. The Hall–Kier alpha value is -0.800. The lowest BCUT2D eigenvalue weighted by Gasteiger charge is -2.30. The maximum Gasteiger partial charge on any atom is 0.120 e. The molecule has 15 heavy (non-hydrogen) atoms. The van der Waals surface area contributed by atoms with Crippen LogP contribution in [0.2, 0.25) is 0 Å². The van der Waals surface area contributed by atoms with E-state index in [1.807, 2.05) is 13.0 Å². The second-order valence-corrected chi connectivity index (χ2v) is 4.03. The molecule has 0 fully saturated rings. The summed E-state index contributed by atoms with van der Waals surface area (Å²) in [7, 11) is 0. The minimum Gasteiger partial charge on any atom is -0.468 e. The maximum absolute atomic E-state index is 9.38. The highest BCUT2D eigenvalue weighted by molar-refractivity contribution is 5.14. The van der Waals surface area contributed by atoms with Crippen LogP contribution in [0.4, 0.5) is 0 Å². The molecule has 1 rings (SSSR count). The Bertz CT molecular complexity index is 281. The molecule has 0 saturated heterocycles. The van der Waals surface area contributed by atoms with Crippen molar-refractivity contribution < 1.29 is 9.52 Å². The van der Waals surface area contributed by atoms with Crippen LogP contribution in [0.3, 0.4) is 0 Å². The zero-order chi connectivity index (χ0) is 11.3. The standard InChI is InChI=1S/C12H21NO2/c1-4-12(5-2,9-14)13-8-11-10(3)6-7-15-11/h6-7,13-14H,4-5,8-9H2,1-3H3. The fourth-order valence-corrected chi connectivity index (χ4v) is 1.63. The molecule has 0 aromatic carbocycles. The number of aliphatic hydroxyl groups is 1. The predicted octanol–water partition coefficient (Wildman–Crippen LogP) is 2.23. The maximum atomic E-state index is 9.38. The van der Waals surface area contributed by atoms with Gasteiger partial charge in [0.05, 0.1) is 19.4 Å². The third-order valence-corrected chi connectivity index (χ3v) is 3.25. The highest BCUT2D eigenvalue weighted by atomic mass is 16.3. The van der Waals surface area contributed by atoms with Crippen molar-refractivity contribution >= 4 is 0 Å². The van der Waals surface area contributed by atoms with Gasteiger partial charge in [-0.15, -0.1) is 0 Å². The molecule has 0 saturated carbocycles. The number of hydrogen-bond donors (Lipinski definition) is 2. The minimum absolute atomic E-state index is 0.166. The molecule has 3 nitrogen and oxygen atoms in total. The van der Waals surface area contributed by atoms with Crippen molar-refractivity contribution in [3.05, 3.63) is 23.7 Å². The van der Waals surface area contributed by atoms with Gasteiger partial charge in [-0.25, -0.2) is 0 Å². The number of aliphatic hydroxyl groups excluding tert-OH is 1. The van der Waals surface area contributed by atoms with Gasteiger partial charge in [0.15, 0.2) is 0 Å². The Balaban J connectivity index is 2.58. The lowest BCUT2D eigenvalue weighted by Crippen LogP contribution is -2.47. The van der Waals surface area contributed by atoms with E-state index in [-0.39, 0.29) is 12.1 Å². The average molecular weight is 211 g/mol. The fourth-order valence-electron chi connectivity index (χ4n) is 1.63. The van der Waals surface area contributed by atoms with Crippen LogP contribution in [0, 0.1) is 6.92 Å². The second kappa shape index (κ2) is 5.33. The predicted molar refractivity (Wildman–Crippen MR) is 60.7 cm³/mol. The van der Waals surface area contributed by atoms with E-state index in [0.29, 0.717) is 6.54 Å². The van der Waals surface area contributed by atoms with Gasteiger partial charge >= 0.3 is 0 Å². The SMILES string of the molecule is CCC(CC)(CO)NCc1occc1C. The van der Waals surface area contributed by atoms with Gasteiger partial charge in [0.1, 0.15) is 5.76 Å². The van der Waals surface area contributed by atoms with Gasteiger partial charge in [0, 0.05) is 5.54 Å². The Labute approximate surface area is 91.5 Å². The number of furan rings is 1. The first kappa shape index (κ1) is 12.3. The van der Waals surface area contributed by atoms with Crippen molar-refractivity contribution in [1.29, 1.82) is 0 Å². The molecule has 0 amide bonds. The molecular weight excluding hydrogens is 190 g/mol. The van der Waals surface area contributed by atoms with Crippen LogP contribution < -0.4 is 5.32 Å². The average Bonchev–Trinajstić information content (AvgIpc) is 2.67. The molecule has 2 N–H and O–H groups in total. The van der Waals surface area contributed by atoms with Gasteiger partial charge in [-0.2, -0.15) is 0 Å². The summed E-state index contributed by atoms with van der Waals surface area (Å²) in [5.74, 6) is 0.953. The Morgan fingerprint density at radius 1 is 1.40 bits per heavy atom. The zero-order valence-corrected chi connectivity index (χ0v) is 9.84. The molecule has 3 heteroatoms. The number of aryl methyl sites for hydroxylation is 1. The van der Waals surface area contributed by atoms with E-state index in [0.717, 1.165) is 24.2 Å². The van der Waals surface area contributed by atoms with Crippen molar-refractivity contribution in [2.75, 3.05) is 6.61 Å². The largest absolute Gasteiger partial charge is 0.468 e. The first-order valence-electron chi connectivity index (χ1n) is 5.56. The molecule has 0 aliphatic heterocycles. The van der Waals surface area contributed by atoms with Crippen LogP contribution in [0.1, 0.15) is 38.0 Å². The summed E-state index contributed by atoms with van der Waals surface area (Å²) in [6.45, 7) is 7.04. The monoisotopic (exact) mass is 211 g/mol. The third-order valence-electron chi connectivity index (χ3n) is 3.25. The summed E-state index contributed by atoms with van der Waals surface area (Å²) < 4.78 is 5.35. The Kier molecular flexibility index (Phi) is 4.36. The topological polar surface area (TPSA) is 45.4 Å². The van der Waals surface area contributed by atoms with E-state index in [1.165, 1.54) is 0 Å². The lowest BCUT2D eigenvalue weighted by atomic mass is 9.94. The van der Waals surface area contributed by atoms with Gasteiger partial charge in [-0.05, 0) is 31.4 Å². The van der Waals surface area contributed by atoms with Crippen LogP contribution in [0.15, 0.2) is 16.7 Å². The smallest absolute Gasteiger partial charge is 0.120 e. The van der Waals surface area contributed by atoms with Crippen LogP contribution in [0.25, 0.3) is 0 Å². The zero-order valence-electron chi connectivity index (χ0n) is 9.84. The summed E-state index contributed by atoms with van der Waals surface area (Å²) >= 11 is 0. The molecule has 0 unspecified atom stereocenters. The van der Waals surface area contributed by atoms with Gasteiger partial charge in [-0.1, -0.05) is 13.8 Å². The molecule has 0 spiro atoms. The molecule has 1 heterocycles. The van der Waals surface area contributed by atoms with Crippen molar-refractivity contribution in [3.8, 4) is 0 Å². The van der Waals surface area contributed by atoms with Crippen LogP contribution in [0.5, 0.6) is 0 Å². The van der Waals surface area contributed by atoms with Gasteiger partial charge < -0.3 is 14.8 Å². The van der Waals surface area contributed by atoms with Crippen LogP contribution in [-0.2, 0) is 6.54 Å². The van der Waals surface area contributed by atoms with Gasteiger partial charge in [0.25, 0.3) is 0 Å². The molecule has 1 aromatic heterocycles.